The zero-order valence-electron chi connectivity index (χ0n) is 12.5. The minimum Gasteiger partial charge on any atom is -0.380 e. The Morgan fingerprint density at radius 2 is 1.90 bits per heavy atom. The highest BCUT2D eigenvalue weighted by molar-refractivity contribution is 7.09. The number of aromatic nitrogens is 1. The molecule has 0 aliphatic rings. The van der Waals surface area contributed by atoms with Crippen LogP contribution in [0.5, 0.6) is 0 Å². The van der Waals surface area contributed by atoms with Crippen molar-refractivity contribution < 1.29 is 4.74 Å². The van der Waals surface area contributed by atoms with Crippen LogP contribution < -0.4 is 5.73 Å². The Labute approximate surface area is 124 Å². The van der Waals surface area contributed by atoms with Gasteiger partial charge in [0.05, 0.1) is 18.3 Å². The third-order valence-corrected chi connectivity index (χ3v) is 4.13. The van der Waals surface area contributed by atoms with Gasteiger partial charge in [0.25, 0.3) is 0 Å². The van der Waals surface area contributed by atoms with Gasteiger partial charge >= 0.3 is 0 Å². The smallest absolute Gasteiger partial charge is 0.114 e. The van der Waals surface area contributed by atoms with E-state index in [1.54, 1.807) is 18.4 Å². The van der Waals surface area contributed by atoms with E-state index in [-0.39, 0.29) is 11.5 Å². The minimum atomic E-state index is -0.160. The molecule has 0 bridgehead atoms. The molecule has 0 aliphatic heterocycles. The quantitative estimate of drug-likeness (QED) is 0.935. The summed E-state index contributed by atoms with van der Waals surface area (Å²) in [7, 11) is 1.70. The van der Waals surface area contributed by atoms with Gasteiger partial charge in [-0.3, -0.25) is 0 Å². The zero-order chi connectivity index (χ0) is 14.8. The van der Waals surface area contributed by atoms with E-state index in [2.05, 4.69) is 55.4 Å². The summed E-state index contributed by atoms with van der Waals surface area (Å²) in [6, 6.07) is 8.05. The predicted molar refractivity (Wildman–Crippen MR) is 84.0 cm³/mol. The molecule has 1 atom stereocenters. The van der Waals surface area contributed by atoms with Crippen LogP contribution in [-0.4, -0.2) is 12.1 Å². The second-order valence-corrected chi connectivity index (χ2v) is 6.86. The van der Waals surface area contributed by atoms with Gasteiger partial charge in [0.2, 0.25) is 0 Å². The van der Waals surface area contributed by atoms with Crippen molar-refractivity contribution in [3.8, 4) is 0 Å². The van der Waals surface area contributed by atoms with Crippen LogP contribution in [0.3, 0.4) is 0 Å². The van der Waals surface area contributed by atoms with E-state index < -0.39 is 0 Å². The van der Waals surface area contributed by atoms with Gasteiger partial charge in [0, 0.05) is 17.9 Å². The maximum absolute atomic E-state index is 6.31. The highest BCUT2D eigenvalue weighted by Gasteiger charge is 2.20. The molecule has 0 radical (unpaired) electrons. The van der Waals surface area contributed by atoms with Gasteiger partial charge in [-0.1, -0.05) is 45.0 Å². The van der Waals surface area contributed by atoms with Gasteiger partial charge in [-0.15, -0.1) is 11.3 Å². The molecule has 0 fully saturated rings. The molecule has 0 saturated carbocycles. The van der Waals surface area contributed by atoms with Crippen molar-refractivity contribution in [2.24, 2.45) is 5.73 Å². The molecule has 2 rings (SSSR count). The van der Waals surface area contributed by atoms with Gasteiger partial charge in [-0.2, -0.15) is 0 Å². The van der Waals surface area contributed by atoms with Crippen LogP contribution in [0, 0.1) is 0 Å². The van der Waals surface area contributed by atoms with Gasteiger partial charge in [-0.25, -0.2) is 4.98 Å². The van der Waals surface area contributed by atoms with E-state index in [0.717, 1.165) is 21.8 Å². The molecule has 1 heterocycles. The molecule has 20 heavy (non-hydrogen) atoms. The molecule has 4 heteroatoms. The number of nitrogens with zero attached hydrogens (tertiary/aromatic N) is 1. The molecule has 1 aromatic heterocycles. The van der Waals surface area contributed by atoms with Crippen molar-refractivity contribution in [1.82, 2.24) is 4.98 Å². The average Bonchev–Trinajstić information content (AvgIpc) is 2.89. The fourth-order valence-corrected chi connectivity index (χ4v) is 2.98. The lowest BCUT2D eigenvalue weighted by Crippen LogP contribution is -2.15. The standard InChI is InChI=1S/C16H22N2OS/c1-16(2,3)13-10-20-15(18-13)14(17)12-7-5-11(6-8-12)9-19-4/h5-8,10,14H,9,17H2,1-4H3. The summed E-state index contributed by atoms with van der Waals surface area (Å²) in [6.45, 7) is 7.12. The van der Waals surface area contributed by atoms with Crippen LogP contribution in [0.15, 0.2) is 29.6 Å². The van der Waals surface area contributed by atoms with E-state index in [1.165, 1.54) is 0 Å². The number of ether oxygens (including phenoxy) is 1. The van der Waals surface area contributed by atoms with Gasteiger partial charge in [0.1, 0.15) is 5.01 Å². The van der Waals surface area contributed by atoms with Crippen LogP contribution in [-0.2, 0) is 16.8 Å². The van der Waals surface area contributed by atoms with E-state index in [0.29, 0.717) is 6.61 Å². The zero-order valence-corrected chi connectivity index (χ0v) is 13.3. The molecule has 0 amide bonds. The maximum Gasteiger partial charge on any atom is 0.114 e. The normalized spacial score (nSPS) is 13.4. The first kappa shape index (κ1) is 15.2. The summed E-state index contributed by atoms with van der Waals surface area (Å²) in [6.07, 6.45) is 0. The van der Waals surface area contributed by atoms with Crippen molar-refractivity contribution in [3.63, 3.8) is 0 Å². The van der Waals surface area contributed by atoms with Gasteiger partial charge in [-0.05, 0) is 11.1 Å². The molecule has 108 valence electrons. The Kier molecular flexibility index (Phi) is 4.58. The second kappa shape index (κ2) is 6.04. The van der Waals surface area contributed by atoms with Crippen molar-refractivity contribution in [2.45, 2.75) is 38.8 Å². The molecule has 2 N–H and O–H groups in total. The molecule has 1 aromatic carbocycles. The monoisotopic (exact) mass is 290 g/mol. The minimum absolute atomic E-state index is 0.0663. The maximum atomic E-state index is 6.31. The van der Waals surface area contributed by atoms with Crippen molar-refractivity contribution in [3.05, 3.63) is 51.5 Å². The predicted octanol–water partition coefficient (Wildman–Crippen LogP) is 3.64. The summed E-state index contributed by atoms with van der Waals surface area (Å²) in [5.74, 6) is 0. The Bertz CT molecular complexity index is 555. The number of rotatable bonds is 4. The second-order valence-electron chi connectivity index (χ2n) is 5.97. The number of nitrogens with two attached hydrogens (primary N) is 1. The summed E-state index contributed by atoms with van der Waals surface area (Å²) >= 11 is 1.63. The first-order chi connectivity index (χ1) is 9.41. The van der Waals surface area contributed by atoms with E-state index >= 15 is 0 Å². The fraction of sp³-hybridized carbons (Fsp3) is 0.438. The number of benzene rings is 1. The van der Waals surface area contributed by atoms with Crippen LogP contribution in [0.2, 0.25) is 0 Å². The number of methoxy groups -OCH3 is 1. The van der Waals surface area contributed by atoms with Gasteiger partial charge in [0.15, 0.2) is 0 Å². The fourth-order valence-electron chi connectivity index (χ4n) is 1.91. The summed E-state index contributed by atoms with van der Waals surface area (Å²) in [5, 5.41) is 3.07. The summed E-state index contributed by atoms with van der Waals surface area (Å²) in [5.41, 5.74) is 9.71. The van der Waals surface area contributed by atoms with Crippen molar-refractivity contribution >= 4 is 11.3 Å². The Morgan fingerprint density at radius 1 is 1.25 bits per heavy atom. The Balaban J connectivity index is 2.18. The lowest BCUT2D eigenvalue weighted by Gasteiger charge is -2.15. The van der Waals surface area contributed by atoms with Crippen LogP contribution in [0.25, 0.3) is 0 Å². The molecular formula is C16H22N2OS. The summed E-state index contributed by atoms with van der Waals surface area (Å²) < 4.78 is 5.11. The van der Waals surface area contributed by atoms with E-state index in [1.807, 2.05) is 0 Å². The molecule has 0 aliphatic carbocycles. The number of hydrogen-bond donors (Lipinski definition) is 1. The lowest BCUT2D eigenvalue weighted by molar-refractivity contribution is 0.185. The largest absolute Gasteiger partial charge is 0.380 e. The van der Waals surface area contributed by atoms with Crippen LogP contribution >= 0.6 is 11.3 Å². The molecular weight excluding hydrogens is 268 g/mol. The highest BCUT2D eigenvalue weighted by atomic mass is 32.1. The number of thiazole rings is 1. The third kappa shape index (κ3) is 3.45. The molecule has 0 spiro atoms. The first-order valence-corrected chi connectivity index (χ1v) is 7.59. The lowest BCUT2D eigenvalue weighted by atomic mass is 9.93. The van der Waals surface area contributed by atoms with Crippen LogP contribution in [0.4, 0.5) is 0 Å². The highest BCUT2D eigenvalue weighted by Crippen LogP contribution is 2.28. The molecule has 2 aromatic rings. The average molecular weight is 290 g/mol. The summed E-state index contributed by atoms with van der Waals surface area (Å²) in [4.78, 5) is 4.69. The van der Waals surface area contributed by atoms with Crippen molar-refractivity contribution in [2.75, 3.05) is 7.11 Å². The van der Waals surface area contributed by atoms with Crippen molar-refractivity contribution in [1.29, 1.82) is 0 Å². The topological polar surface area (TPSA) is 48.1 Å². The molecule has 1 unspecified atom stereocenters. The molecule has 3 nitrogen and oxygen atoms in total. The Morgan fingerprint density at radius 3 is 2.40 bits per heavy atom. The first-order valence-electron chi connectivity index (χ1n) is 6.71. The SMILES string of the molecule is COCc1ccc(C(N)c2nc(C(C)(C)C)cs2)cc1. The van der Waals surface area contributed by atoms with E-state index in [9.17, 15) is 0 Å². The van der Waals surface area contributed by atoms with Gasteiger partial charge < -0.3 is 10.5 Å². The number of hydrogen-bond acceptors (Lipinski definition) is 4. The molecule has 0 saturated heterocycles. The third-order valence-electron chi connectivity index (χ3n) is 3.21. The Hall–Kier alpha value is -1.23. The van der Waals surface area contributed by atoms with E-state index in [4.69, 9.17) is 10.5 Å². The van der Waals surface area contributed by atoms with Crippen LogP contribution in [0.1, 0.15) is 48.6 Å².